The average molecular weight is 154 g/mol. The molecule has 1 nitrogen and oxygen atoms in total. The molecular formula is C10H18O. The minimum Gasteiger partial charge on any atom is -0.396 e. The molecule has 0 aromatic carbocycles. The van der Waals surface area contributed by atoms with Crippen LogP contribution in [0.4, 0.5) is 0 Å². The largest absolute Gasteiger partial charge is 0.396 e. The van der Waals surface area contributed by atoms with Crippen molar-refractivity contribution in [2.45, 2.75) is 39.5 Å². The van der Waals surface area contributed by atoms with E-state index in [1.54, 1.807) is 0 Å². The van der Waals surface area contributed by atoms with Crippen molar-refractivity contribution in [3.8, 4) is 0 Å². The van der Waals surface area contributed by atoms with Gasteiger partial charge in [-0.2, -0.15) is 0 Å². The number of aliphatic hydroxyl groups excluding tert-OH is 1. The molecular weight excluding hydrogens is 136 g/mol. The van der Waals surface area contributed by atoms with E-state index >= 15 is 0 Å². The van der Waals surface area contributed by atoms with Gasteiger partial charge in [0, 0.05) is 6.61 Å². The highest BCUT2D eigenvalue weighted by Gasteiger charge is 2.58. The summed E-state index contributed by atoms with van der Waals surface area (Å²) < 4.78 is 0. The molecule has 64 valence electrons. The molecule has 0 heterocycles. The van der Waals surface area contributed by atoms with Gasteiger partial charge in [-0.05, 0) is 42.4 Å². The lowest BCUT2D eigenvalue weighted by Crippen LogP contribution is -2.07. The normalized spacial score (nSPS) is 46.6. The van der Waals surface area contributed by atoms with E-state index in [2.05, 4.69) is 13.8 Å². The summed E-state index contributed by atoms with van der Waals surface area (Å²) in [5.74, 6) is 0.657. The Hall–Kier alpha value is -0.0400. The summed E-state index contributed by atoms with van der Waals surface area (Å²) in [5.41, 5.74) is 1.15. The Morgan fingerprint density at radius 3 is 2.45 bits per heavy atom. The van der Waals surface area contributed by atoms with E-state index in [0.717, 1.165) is 0 Å². The Labute approximate surface area is 68.8 Å². The van der Waals surface area contributed by atoms with E-state index in [1.807, 2.05) is 0 Å². The monoisotopic (exact) mass is 154 g/mol. The molecule has 0 aromatic rings. The molecule has 1 spiro atoms. The van der Waals surface area contributed by atoms with Crippen molar-refractivity contribution < 1.29 is 5.11 Å². The molecule has 2 fully saturated rings. The smallest absolute Gasteiger partial charge is 0.0464 e. The second-order valence-electron chi connectivity index (χ2n) is 5.29. The van der Waals surface area contributed by atoms with E-state index < -0.39 is 0 Å². The van der Waals surface area contributed by atoms with Crippen LogP contribution < -0.4 is 0 Å². The first-order valence-corrected chi connectivity index (χ1v) is 4.69. The molecule has 2 aliphatic rings. The van der Waals surface area contributed by atoms with Crippen LogP contribution in [0.1, 0.15) is 39.5 Å². The molecule has 0 bridgehead atoms. The van der Waals surface area contributed by atoms with Crippen LogP contribution in [0.2, 0.25) is 0 Å². The van der Waals surface area contributed by atoms with Crippen LogP contribution in [0.3, 0.4) is 0 Å². The zero-order valence-electron chi connectivity index (χ0n) is 7.56. The van der Waals surface area contributed by atoms with Crippen LogP contribution in [0.5, 0.6) is 0 Å². The van der Waals surface area contributed by atoms with Crippen molar-refractivity contribution in [3.05, 3.63) is 0 Å². The summed E-state index contributed by atoms with van der Waals surface area (Å²) in [4.78, 5) is 0. The number of hydrogen-bond acceptors (Lipinski definition) is 1. The summed E-state index contributed by atoms with van der Waals surface area (Å²) in [5, 5.41) is 9.00. The van der Waals surface area contributed by atoms with Crippen LogP contribution in [0.25, 0.3) is 0 Å². The van der Waals surface area contributed by atoms with Crippen molar-refractivity contribution in [2.75, 3.05) is 6.61 Å². The van der Waals surface area contributed by atoms with Gasteiger partial charge < -0.3 is 5.11 Å². The Morgan fingerprint density at radius 2 is 2.09 bits per heavy atom. The van der Waals surface area contributed by atoms with E-state index in [0.29, 0.717) is 23.4 Å². The second kappa shape index (κ2) is 2.01. The maximum Gasteiger partial charge on any atom is 0.0464 e. The fourth-order valence-electron chi connectivity index (χ4n) is 2.93. The minimum atomic E-state index is 0.427. The molecule has 0 saturated heterocycles. The maximum atomic E-state index is 9.00. The first-order valence-electron chi connectivity index (χ1n) is 4.69. The third kappa shape index (κ3) is 1.10. The Morgan fingerprint density at radius 1 is 1.36 bits per heavy atom. The van der Waals surface area contributed by atoms with Gasteiger partial charge in [0.2, 0.25) is 0 Å². The van der Waals surface area contributed by atoms with Gasteiger partial charge in [-0.25, -0.2) is 0 Å². The fourth-order valence-corrected chi connectivity index (χ4v) is 2.93. The van der Waals surface area contributed by atoms with Gasteiger partial charge in [0.1, 0.15) is 0 Å². The minimum absolute atomic E-state index is 0.427. The SMILES string of the molecule is CC1(C)CCC2(CC2CO)C1. The Kier molecular flexibility index (Phi) is 1.39. The number of aliphatic hydroxyl groups is 1. The zero-order valence-corrected chi connectivity index (χ0v) is 7.56. The molecule has 0 aliphatic heterocycles. The molecule has 11 heavy (non-hydrogen) atoms. The highest BCUT2D eigenvalue weighted by Crippen LogP contribution is 2.66. The van der Waals surface area contributed by atoms with E-state index in [9.17, 15) is 0 Å². The quantitative estimate of drug-likeness (QED) is 0.614. The van der Waals surface area contributed by atoms with Gasteiger partial charge >= 0.3 is 0 Å². The summed E-state index contributed by atoms with van der Waals surface area (Å²) in [6.45, 7) is 5.14. The Bertz CT molecular complexity index is 174. The predicted molar refractivity (Wildman–Crippen MR) is 45.3 cm³/mol. The molecule has 2 saturated carbocycles. The predicted octanol–water partition coefficient (Wildman–Crippen LogP) is 2.20. The average Bonchev–Trinajstić information content (AvgIpc) is 2.49. The molecule has 0 radical (unpaired) electrons. The highest BCUT2D eigenvalue weighted by molar-refractivity contribution is 5.08. The van der Waals surface area contributed by atoms with Crippen molar-refractivity contribution in [2.24, 2.45) is 16.7 Å². The second-order valence-corrected chi connectivity index (χ2v) is 5.29. The van der Waals surface area contributed by atoms with Crippen LogP contribution in [-0.4, -0.2) is 11.7 Å². The van der Waals surface area contributed by atoms with E-state index in [-0.39, 0.29) is 0 Å². The van der Waals surface area contributed by atoms with Gasteiger partial charge in [-0.3, -0.25) is 0 Å². The summed E-state index contributed by atoms with van der Waals surface area (Å²) >= 11 is 0. The fraction of sp³-hybridized carbons (Fsp3) is 1.00. The lowest BCUT2D eigenvalue weighted by atomic mass is 9.89. The lowest BCUT2D eigenvalue weighted by Gasteiger charge is -2.16. The number of rotatable bonds is 1. The maximum absolute atomic E-state index is 9.00. The molecule has 1 N–H and O–H groups in total. The molecule has 0 amide bonds. The topological polar surface area (TPSA) is 20.2 Å². The van der Waals surface area contributed by atoms with Crippen LogP contribution in [0, 0.1) is 16.7 Å². The standard InChI is InChI=1S/C10H18O/c1-9(2)3-4-10(7-9)5-8(10)6-11/h8,11H,3-7H2,1-2H3. The molecule has 1 heteroatoms. The van der Waals surface area contributed by atoms with E-state index in [4.69, 9.17) is 5.11 Å². The zero-order chi connectivity index (χ0) is 8.11. The van der Waals surface area contributed by atoms with Crippen LogP contribution in [-0.2, 0) is 0 Å². The molecule has 2 unspecified atom stereocenters. The van der Waals surface area contributed by atoms with Crippen LogP contribution >= 0.6 is 0 Å². The summed E-state index contributed by atoms with van der Waals surface area (Å²) in [7, 11) is 0. The van der Waals surface area contributed by atoms with Gasteiger partial charge in [0.25, 0.3) is 0 Å². The lowest BCUT2D eigenvalue weighted by molar-refractivity contribution is 0.242. The number of hydrogen-bond donors (Lipinski definition) is 1. The van der Waals surface area contributed by atoms with Gasteiger partial charge in [-0.15, -0.1) is 0 Å². The van der Waals surface area contributed by atoms with Gasteiger partial charge in [0.15, 0.2) is 0 Å². The van der Waals surface area contributed by atoms with Gasteiger partial charge in [-0.1, -0.05) is 13.8 Å². The van der Waals surface area contributed by atoms with Crippen molar-refractivity contribution in [1.82, 2.24) is 0 Å². The third-order valence-electron chi connectivity index (χ3n) is 3.71. The van der Waals surface area contributed by atoms with Crippen molar-refractivity contribution >= 4 is 0 Å². The molecule has 2 atom stereocenters. The first kappa shape index (κ1) is 7.60. The summed E-state index contributed by atoms with van der Waals surface area (Å²) in [6, 6.07) is 0. The van der Waals surface area contributed by atoms with E-state index in [1.165, 1.54) is 25.7 Å². The van der Waals surface area contributed by atoms with Crippen LogP contribution in [0.15, 0.2) is 0 Å². The summed E-state index contributed by atoms with van der Waals surface area (Å²) in [6.07, 6.45) is 5.38. The first-order chi connectivity index (χ1) is 5.08. The molecule has 2 aliphatic carbocycles. The molecule has 0 aromatic heterocycles. The Balaban J connectivity index is 2.01. The van der Waals surface area contributed by atoms with Crippen molar-refractivity contribution in [1.29, 1.82) is 0 Å². The van der Waals surface area contributed by atoms with Crippen molar-refractivity contribution in [3.63, 3.8) is 0 Å². The highest BCUT2D eigenvalue weighted by atomic mass is 16.3. The third-order valence-corrected chi connectivity index (χ3v) is 3.71. The van der Waals surface area contributed by atoms with Gasteiger partial charge in [0.05, 0.1) is 0 Å². The molecule has 2 rings (SSSR count).